The second-order valence-electron chi connectivity index (χ2n) is 5.13. The summed E-state index contributed by atoms with van der Waals surface area (Å²) < 4.78 is 0. The number of nitrogens with zero attached hydrogens (tertiary/aromatic N) is 3. The molecule has 1 aromatic heterocycles. The first-order valence-electron chi connectivity index (χ1n) is 6.58. The van der Waals surface area contributed by atoms with Gasteiger partial charge in [-0.2, -0.15) is 0 Å². The first-order valence-corrected chi connectivity index (χ1v) is 6.58. The molecule has 2 unspecified atom stereocenters. The van der Waals surface area contributed by atoms with Crippen LogP contribution >= 0.6 is 0 Å². The Morgan fingerprint density at radius 2 is 2.11 bits per heavy atom. The monoisotopic (exact) mass is 248 g/mol. The maximum atomic E-state index is 5.44. The van der Waals surface area contributed by atoms with Crippen molar-refractivity contribution in [2.24, 2.45) is 5.84 Å². The van der Waals surface area contributed by atoms with Gasteiger partial charge in [-0.15, -0.1) is 0 Å². The zero-order chi connectivity index (χ0) is 12.5. The van der Waals surface area contributed by atoms with Crippen molar-refractivity contribution >= 4 is 11.6 Å². The number of rotatable bonds is 3. The summed E-state index contributed by atoms with van der Waals surface area (Å²) in [5, 5.41) is 3.57. The largest absolute Gasteiger partial charge is 0.365 e. The molecule has 0 bridgehead atoms. The lowest BCUT2D eigenvalue weighted by Crippen LogP contribution is -2.34. The van der Waals surface area contributed by atoms with Crippen molar-refractivity contribution in [3.05, 3.63) is 11.9 Å². The quantitative estimate of drug-likeness (QED) is 0.540. The molecule has 0 saturated carbocycles. The van der Waals surface area contributed by atoms with Gasteiger partial charge in [-0.3, -0.25) is 4.90 Å². The Labute approximate surface area is 107 Å². The molecule has 0 radical (unpaired) electrons. The molecular weight excluding hydrogens is 228 g/mol. The van der Waals surface area contributed by atoms with Gasteiger partial charge in [-0.05, 0) is 32.7 Å². The van der Waals surface area contributed by atoms with Crippen LogP contribution in [0.3, 0.4) is 0 Å². The molecule has 18 heavy (non-hydrogen) atoms. The number of hydrazine groups is 1. The summed E-state index contributed by atoms with van der Waals surface area (Å²) in [4.78, 5) is 11.0. The number of nitrogens with one attached hydrogen (secondary N) is 2. The summed E-state index contributed by atoms with van der Waals surface area (Å²) in [5.74, 6) is 7.03. The van der Waals surface area contributed by atoms with E-state index >= 15 is 0 Å². The van der Waals surface area contributed by atoms with E-state index < -0.39 is 0 Å². The number of nitrogen functional groups attached to an aromatic ring is 1. The number of nitrogens with two attached hydrogens (primary N) is 1. The van der Waals surface area contributed by atoms with Crippen molar-refractivity contribution in [2.45, 2.75) is 38.3 Å². The van der Waals surface area contributed by atoms with E-state index in [1.807, 2.05) is 6.92 Å². The van der Waals surface area contributed by atoms with Crippen LogP contribution in [-0.4, -0.2) is 40.0 Å². The summed E-state index contributed by atoms with van der Waals surface area (Å²) in [6.45, 7) is 4.44. The lowest BCUT2D eigenvalue weighted by molar-refractivity contribution is 0.318. The molecule has 2 aliphatic rings. The van der Waals surface area contributed by atoms with Crippen LogP contribution in [0.25, 0.3) is 0 Å². The molecule has 0 spiro atoms. The minimum absolute atomic E-state index is 0.506. The van der Waals surface area contributed by atoms with E-state index in [1.165, 1.54) is 32.4 Å². The normalized spacial score (nSPS) is 27.2. The molecule has 0 amide bonds. The fraction of sp³-hybridized carbons (Fsp3) is 0.667. The number of fused-ring (bicyclic) bond motifs is 1. The van der Waals surface area contributed by atoms with Gasteiger partial charge in [0.1, 0.15) is 18.0 Å². The topological polar surface area (TPSA) is 79.1 Å². The first-order chi connectivity index (χ1) is 8.79. The van der Waals surface area contributed by atoms with Crippen molar-refractivity contribution in [2.75, 3.05) is 23.8 Å². The minimum atomic E-state index is 0.506. The van der Waals surface area contributed by atoms with Crippen molar-refractivity contribution in [1.29, 1.82) is 0 Å². The molecule has 2 saturated heterocycles. The fourth-order valence-electron chi connectivity index (χ4n) is 3.17. The van der Waals surface area contributed by atoms with E-state index in [2.05, 4.69) is 25.6 Å². The Morgan fingerprint density at radius 1 is 1.28 bits per heavy atom. The van der Waals surface area contributed by atoms with Gasteiger partial charge >= 0.3 is 0 Å². The second-order valence-corrected chi connectivity index (χ2v) is 5.13. The average Bonchev–Trinajstić information content (AvgIpc) is 2.96. The molecule has 2 fully saturated rings. The maximum Gasteiger partial charge on any atom is 0.148 e. The van der Waals surface area contributed by atoms with Crippen LogP contribution in [-0.2, 0) is 0 Å². The van der Waals surface area contributed by atoms with Crippen LogP contribution in [0.1, 0.15) is 24.8 Å². The van der Waals surface area contributed by atoms with E-state index in [4.69, 9.17) is 5.84 Å². The number of anilines is 2. The predicted molar refractivity (Wildman–Crippen MR) is 71.2 cm³/mol. The molecule has 0 aliphatic carbocycles. The zero-order valence-corrected chi connectivity index (χ0v) is 10.7. The highest BCUT2D eigenvalue weighted by atomic mass is 15.3. The summed E-state index contributed by atoms with van der Waals surface area (Å²) >= 11 is 0. The zero-order valence-electron chi connectivity index (χ0n) is 10.7. The van der Waals surface area contributed by atoms with Crippen molar-refractivity contribution in [3.63, 3.8) is 0 Å². The van der Waals surface area contributed by atoms with Gasteiger partial charge in [0.05, 0.1) is 0 Å². The number of hydrogen-bond acceptors (Lipinski definition) is 6. The minimum Gasteiger partial charge on any atom is -0.365 e. The van der Waals surface area contributed by atoms with Gasteiger partial charge in [0.15, 0.2) is 0 Å². The van der Waals surface area contributed by atoms with Crippen LogP contribution in [0.15, 0.2) is 6.33 Å². The molecule has 2 atom stereocenters. The molecule has 0 aromatic carbocycles. The SMILES string of the molecule is Cc1c(NN)ncnc1NC1CCN2CCCC12. The lowest BCUT2D eigenvalue weighted by atomic mass is 10.1. The van der Waals surface area contributed by atoms with Crippen LogP contribution in [0.4, 0.5) is 11.6 Å². The second kappa shape index (κ2) is 4.70. The van der Waals surface area contributed by atoms with Crippen LogP contribution < -0.4 is 16.6 Å². The van der Waals surface area contributed by atoms with Gasteiger partial charge in [0.25, 0.3) is 0 Å². The Balaban J connectivity index is 1.76. The standard InChI is InChI=1S/C12H20N6/c1-8-11(14-7-15-12(8)17-13)16-9-4-6-18-5-2-3-10(9)18/h7,9-10H,2-6,13H2,1H3,(H2,14,15,16,17). The van der Waals surface area contributed by atoms with E-state index in [0.29, 0.717) is 17.9 Å². The van der Waals surface area contributed by atoms with Gasteiger partial charge in [0, 0.05) is 24.2 Å². The molecule has 6 nitrogen and oxygen atoms in total. The maximum absolute atomic E-state index is 5.44. The Bertz CT molecular complexity index is 435. The predicted octanol–water partition coefficient (Wildman–Crippen LogP) is 0.719. The Morgan fingerprint density at radius 3 is 2.94 bits per heavy atom. The highest BCUT2D eigenvalue weighted by Gasteiger charge is 2.37. The summed E-state index contributed by atoms with van der Waals surface area (Å²) in [6.07, 6.45) is 5.36. The molecule has 3 rings (SSSR count). The fourth-order valence-corrected chi connectivity index (χ4v) is 3.17. The molecule has 4 N–H and O–H groups in total. The van der Waals surface area contributed by atoms with Gasteiger partial charge in [-0.25, -0.2) is 15.8 Å². The molecule has 2 aliphatic heterocycles. The number of hydrogen-bond donors (Lipinski definition) is 3. The smallest absolute Gasteiger partial charge is 0.148 e. The van der Waals surface area contributed by atoms with Crippen LogP contribution in [0.5, 0.6) is 0 Å². The van der Waals surface area contributed by atoms with Crippen LogP contribution in [0.2, 0.25) is 0 Å². The first kappa shape index (κ1) is 11.7. The molecule has 1 aromatic rings. The van der Waals surface area contributed by atoms with Crippen LogP contribution in [0, 0.1) is 6.92 Å². The Kier molecular flexibility index (Phi) is 3.05. The van der Waals surface area contributed by atoms with E-state index in [0.717, 1.165) is 11.4 Å². The van der Waals surface area contributed by atoms with E-state index in [1.54, 1.807) is 6.33 Å². The Hall–Kier alpha value is -1.40. The van der Waals surface area contributed by atoms with Gasteiger partial charge in [-0.1, -0.05) is 0 Å². The molecule has 98 valence electrons. The van der Waals surface area contributed by atoms with Crippen molar-refractivity contribution in [1.82, 2.24) is 14.9 Å². The highest BCUT2D eigenvalue weighted by molar-refractivity contribution is 5.56. The third-order valence-electron chi connectivity index (χ3n) is 4.15. The van der Waals surface area contributed by atoms with Gasteiger partial charge in [0.2, 0.25) is 0 Å². The third-order valence-corrected chi connectivity index (χ3v) is 4.15. The van der Waals surface area contributed by atoms with E-state index in [9.17, 15) is 0 Å². The lowest BCUT2D eigenvalue weighted by Gasteiger charge is -2.22. The third kappa shape index (κ3) is 1.91. The number of aromatic nitrogens is 2. The van der Waals surface area contributed by atoms with Gasteiger partial charge < -0.3 is 10.7 Å². The summed E-state index contributed by atoms with van der Waals surface area (Å²) in [6, 6.07) is 1.18. The summed E-state index contributed by atoms with van der Waals surface area (Å²) in [7, 11) is 0. The molecule has 6 heteroatoms. The van der Waals surface area contributed by atoms with Crippen molar-refractivity contribution in [3.8, 4) is 0 Å². The highest BCUT2D eigenvalue weighted by Crippen LogP contribution is 2.30. The molecule has 3 heterocycles. The summed E-state index contributed by atoms with van der Waals surface area (Å²) in [5.41, 5.74) is 3.59. The van der Waals surface area contributed by atoms with E-state index in [-0.39, 0.29) is 0 Å². The average molecular weight is 248 g/mol. The van der Waals surface area contributed by atoms with Crippen molar-refractivity contribution < 1.29 is 0 Å². The molecular formula is C12H20N6.